The Balaban J connectivity index is 1.65. The Morgan fingerprint density at radius 2 is 2.04 bits per heavy atom. The summed E-state index contributed by atoms with van der Waals surface area (Å²) in [6, 6.07) is 13.1. The molecule has 0 aromatic heterocycles. The molecule has 2 aromatic rings. The zero-order chi connectivity index (χ0) is 16.4. The van der Waals surface area contributed by atoms with Gasteiger partial charge in [-0.1, -0.05) is 23.7 Å². The van der Waals surface area contributed by atoms with E-state index >= 15 is 0 Å². The number of hydrogen-bond acceptors (Lipinski definition) is 3. The molecule has 1 unspecified atom stereocenters. The summed E-state index contributed by atoms with van der Waals surface area (Å²) in [7, 11) is 0. The quantitative estimate of drug-likeness (QED) is 0.903. The molecule has 0 saturated carbocycles. The molecular weight excluding hydrogens is 312 g/mol. The highest BCUT2D eigenvalue weighted by atomic mass is 35.5. The lowest BCUT2D eigenvalue weighted by molar-refractivity contribution is -0.116. The van der Waals surface area contributed by atoms with Crippen molar-refractivity contribution in [3.63, 3.8) is 0 Å². The minimum absolute atomic E-state index is 0.0719. The van der Waals surface area contributed by atoms with Crippen LogP contribution in [0.5, 0.6) is 0 Å². The average Bonchev–Trinajstić information content (AvgIpc) is 2.96. The van der Waals surface area contributed by atoms with Crippen LogP contribution in [0.25, 0.3) is 0 Å². The molecule has 2 aromatic carbocycles. The summed E-state index contributed by atoms with van der Waals surface area (Å²) >= 11 is 5.85. The maximum atomic E-state index is 11.6. The van der Waals surface area contributed by atoms with E-state index in [9.17, 15) is 9.90 Å². The minimum Gasteiger partial charge on any atom is -0.387 e. The van der Waals surface area contributed by atoms with Gasteiger partial charge in [0.1, 0.15) is 0 Å². The van der Waals surface area contributed by atoms with Gasteiger partial charge in [-0.3, -0.25) is 4.79 Å². The van der Waals surface area contributed by atoms with Gasteiger partial charge in [-0.25, -0.2) is 0 Å². The topological polar surface area (TPSA) is 52.6 Å². The highest BCUT2D eigenvalue weighted by molar-refractivity contribution is 6.30. The van der Waals surface area contributed by atoms with E-state index in [0.29, 0.717) is 11.6 Å². The molecule has 2 N–H and O–H groups in total. The molecule has 0 fully saturated rings. The number of amides is 1. The zero-order valence-electron chi connectivity index (χ0n) is 12.9. The summed E-state index contributed by atoms with van der Waals surface area (Å²) in [6.07, 6.45) is 0.263. The number of aliphatic hydroxyl groups is 1. The smallest absolute Gasteiger partial charge is 0.223 e. The molecule has 1 aliphatic heterocycles. The van der Waals surface area contributed by atoms with E-state index in [4.69, 9.17) is 11.6 Å². The van der Waals surface area contributed by atoms with Gasteiger partial charge in [0.2, 0.25) is 5.91 Å². The molecule has 0 radical (unpaired) electrons. The first-order chi connectivity index (χ1) is 11.0. The first kappa shape index (κ1) is 15.8. The number of anilines is 2. The van der Waals surface area contributed by atoms with Gasteiger partial charge < -0.3 is 15.3 Å². The van der Waals surface area contributed by atoms with Crippen molar-refractivity contribution in [1.82, 2.24) is 0 Å². The second-order valence-corrected chi connectivity index (χ2v) is 6.15. The Hall–Kier alpha value is -2.04. The van der Waals surface area contributed by atoms with E-state index in [2.05, 4.69) is 5.32 Å². The summed E-state index contributed by atoms with van der Waals surface area (Å²) in [6.45, 7) is 2.74. The van der Waals surface area contributed by atoms with Gasteiger partial charge in [0.25, 0.3) is 0 Å². The Morgan fingerprint density at radius 3 is 2.74 bits per heavy atom. The maximum absolute atomic E-state index is 11.6. The molecule has 0 saturated heterocycles. The van der Waals surface area contributed by atoms with Crippen LogP contribution in [0.1, 0.15) is 24.2 Å². The third-order valence-corrected chi connectivity index (χ3v) is 4.36. The molecule has 1 atom stereocenters. The monoisotopic (exact) mass is 330 g/mol. The van der Waals surface area contributed by atoms with Crippen LogP contribution >= 0.6 is 11.6 Å². The van der Waals surface area contributed by atoms with Crippen LogP contribution in [0, 0.1) is 0 Å². The van der Waals surface area contributed by atoms with Crippen molar-refractivity contribution in [3.05, 3.63) is 58.6 Å². The van der Waals surface area contributed by atoms with Crippen LogP contribution < -0.4 is 10.2 Å². The molecule has 0 spiro atoms. The predicted molar refractivity (Wildman–Crippen MR) is 93.1 cm³/mol. The number of aliphatic hydroxyl groups excluding tert-OH is 1. The van der Waals surface area contributed by atoms with Gasteiger partial charge >= 0.3 is 0 Å². The lowest BCUT2D eigenvalue weighted by Crippen LogP contribution is -2.25. The van der Waals surface area contributed by atoms with E-state index in [1.165, 1.54) is 0 Å². The van der Waals surface area contributed by atoms with Gasteiger partial charge in [0, 0.05) is 36.4 Å². The number of nitrogens with zero attached hydrogens (tertiary/aromatic N) is 1. The second-order valence-electron chi connectivity index (χ2n) is 5.71. The summed E-state index contributed by atoms with van der Waals surface area (Å²) < 4.78 is 0. The molecule has 4 nitrogen and oxygen atoms in total. The Kier molecular flexibility index (Phi) is 4.55. The molecule has 1 heterocycles. The molecule has 120 valence electrons. The van der Waals surface area contributed by atoms with E-state index in [0.717, 1.165) is 35.5 Å². The number of rotatable bonds is 4. The Bertz CT molecular complexity index is 715. The van der Waals surface area contributed by atoms with E-state index in [1.54, 1.807) is 24.0 Å². The highest BCUT2D eigenvalue weighted by Gasteiger charge is 2.22. The molecule has 0 bridgehead atoms. The summed E-state index contributed by atoms with van der Waals surface area (Å²) in [5.74, 6) is 0.0719. The van der Waals surface area contributed by atoms with Crippen LogP contribution in [0.15, 0.2) is 42.5 Å². The third kappa shape index (κ3) is 3.49. The largest absolute Gasteiger partial charge is 0.387 e. The summed E-state index contributed by atoms with van der Waals surface area (Å²) in [5.41, 5.74) is 3.92. The SMILES string of the molecule is CC(=O)N1CCc2cc(NCC(O)c3ccc(Cl)cc3)ccc21. The Labute approximate surface area is 140 Å². The first-order valence-corrected chi connectivity index (χ1v) is 8.01. The highest BCUT2D eigenvalue weighted by Crippen LogP contribution is 2.30. The van der Waals surface area contributed by atoms with Crippen LogP contribution in [-0.2, 0) is 11.2 Å². The third-order valence-electron chi connectivity index (χ3n) is 4.11. The van der Waals surface area contributed by atoms with Crippen LogP contribution in [0.2, 0.25) is 5.02 Å². The fourth-order valence-electron chi connectivity index (χ4n) is 2.86. The zero-order valence-corrected chi connectivity index (χ0v) is 13.7. The number of benzene rings is 2. The van der Waals surface area contributed by atoms with Crippen molar-refractivity contribution in [1.29, 1.82) is 0 Å². The van der Waals surface area contributed by atoms with E-state index in [-0.39, 0.29) is 5.91 Å². The Morgan fingerprint density at radius 1 is 1.30 bits per heavy atom. The van der Waals surface area contributed by atoms with Crippen LogP contribution in [0.4, 0.5) is 11.4 Å². The van der Waals surface area contributed by atoms with Crippen molar-refractivity contribution >= 4 is 28.9 Å². The number of halogens is 1. The van der Waals surface area contributed by atoms with E-state index < -0.39 is 6.10 Å². The van der Waals surface area contributed by atoms with Crippen LogP contribution in [0.3, 0.4) is 0 Å². The van der Waals surface area contributed by atoms with Crippen molar-refractivity contribution in [2.24, 2.45) is 0 Å². The van der Waals surface area contributed by atoms with Gasteiger partial charge in [-0.2, -0.15) is 0 Å². The van der Waals surface area contributed by atoms with Gasteiger partial charge in [-0.15, -0.1) is 0 Å². The fraction of sp³-hybridized carbons (Fsp3) is 0.278. The lowest BCUT2D eigenvalue weighted by atomic mass is 10.1. The van der Waals surface area contributed by atoms with Crippen LogP contribution in [-0.4, -0.2) is 24.1 Å². The number of hydrogen-bond donors (Lipinski definition) is 2. The number of fused-ring (bicyclic) bond motifs is 1. The molecule has 23 heavy (non-hydrogen) atoms. The predicted octanol–water partition coefficient (Wildman–Crippen LogP) is 3.39. The van der Waals surface area contributed by atoms with E-state index in [1.807, 2.05) is 30.3 Å². The van der Waals surface area contributed by atoms with Gasteiger partial charge in [0.15, 0.2) is 0 Å². The standard InChI is InChI=1S/C18H19ClN2O2/c1-12(22)21-9-8-14-10-16(6-7-17(14)21)20-11-18(23)13-2-4-15(19)5-3-13/h2-7,10,18,20,23H,8-9,11H2,1H3. The average molecular weight is 331 g/mol. The molecule has 1 amide bonds. The van der Waals surface area contributed by atoms with Crippen molar-refractivity contribution in [2.45, 2.75) is 19.4 Å². The van der Waals surface area contributed by atoms with Gasteiger partial charge in [-0.05, 0) is 47.9 Å². The number of nitrogens with one attached hydrogen (secondary N) is 1. The molecular formula is C18H19ClN2O2. The molecule has 3 rings (SSSR count). The van der Waals surface area contributed by atoms with Crippen molar-refractivity contribution in [3.8, 4) is 0 Å². The fourth-order valence-corrected chi connectivity index (χ4v) is 2.98. The number of carbonyl (C=O) groups excluding carboxylic acids is 1. The molecule has 5 heteroatoms. The van der Waals surface area contributed by atoms with Crippen molar-refractivity contribution < 1.29 is 9.90 Å². The van der Waals surface area contributed by atoms with Crippen molar-refractivity contribution in [2.75, 3.05) is 23.3 Å². The number of carbonyl (C=O) groups is 1. The summed E-state index contributed by atoms with van der Waals surface area (Å²) in [4.78, 5) is 13.4. The van der Waals surface area contributed by atoms with Gasteiger partial charge in [0.05, 0.1) is 6.10 Å². The molecule has 0 aliphatic carbocycles. The minimum atomic E-state index is -0.603. The lowest BCUT2D eigenvalue weighted by Gasteiger charge is -2.16. The summed E-state index contributed by atoms with van der Waals surface area (Å²) in [5, 5.41) is 14.1. The normalized spacial score (nSPS) is 14.5. The second kappa shape index (κ2) is 6.60. The first-order valence-electron chi connectivity index (χ1n) is 7.63. The molecule has 1 aliphatic rings. The maximum Gasteiger partial charge on any atom is 0.223 e.